The Morgan fingerprint density at radius 2 is 2.46 bits per heavy atom. The molecule has 0 spiro atoms. The summed E-state index contributed by atoms with van der Waals surface area (Å²) in [5.74, 6) is 0. The third-order valence-corrected chi connectivity index (χ3v) is 2.50. The van der Waals surface area contributed by atoms with Crippen LogP contribution in [-0.2, 0) is 0 Å². The number of nitrogens with zero attached hydrogens (tertiary/aromatic N) is 2. The van der Waals surface area contributed by atoms with Crippen molar-refractivity contribution < 1.29 is 0 Å². The van der Waals surface area contributed by atoms with E-state index in [9.17, 15) is 0 Å². The Hall–Kier alpha value is -1.42. The topological polar surface area (TPSA) is 37.3 Å². The van der Waals surface area contributed by atoms with Crippen LogP contribution in [0.4, 0.5) is 0 Å². The predicted molar refractivity (Wildman–Crippen MR) is 56.3 cm³/mol. The van der Waals surface area contributed by atoms with E-state index in [0.717, 1.165) is 5.56 Å². The maximum absolute atomic E-state index is 4.10. The van der Waals surface area contributed by atoms with Gasteiger partial charge in [0.25, 0.3) is 0 Å². The second-order valence-corrected chi connectivity index (χ2v) is 3.44. The second kappa shape index (κ2) is 3.53. The molecule has 66 valence electrons. The van der Waals surface area contributed by atoms with Crippen LogP contribution in [0.2, 0.25) is 0 Å². The number of fused-ring (bicyclic) bond motifs is 1. The molecular formula is C9H9N3S. The van der Waals surface area contributed by atoms with Crippen LogP contribution >= 0.6 is 11.5 Å². The van der Waals surface area contributed by atoms with Crippen LogP contribution in [0.15, 0.2) is 29.5 Å². The Morgan fingerprint density at radius 1 is 1.54 bits per heavy atom. The summed E-state index contributed by atoms with van der Waals surface area (Å²) in [6, 6.07) is 6.16. The maximum atomic E-state index is 4.10. The van der Waals surface area contributed by atoms with E-state index >= 15 is 0 Å². The molecule has 2 rings (SSSR count). The smallest absolute Gasteiger partial charge is 0.0550 e. The summed E-state index contributed by atoms with van der Waals surface area (Å²) in [5, 5.41) is 5.11. The first-order chi connectivity index (χ1) is 6.40. The summed E-state index contributed by atoms with van der Waals surface area (Å²) in [5.41, 5.74) is 3.80. The third-order valence-electron chi connectivity index (χ3n) is 1.72. The summed E-state index contributed by atoms with van der Waals surface area (Å²) in [6.07, 6.45) is 3.66. The van der Waals surface area contributed by atoms with Gasteiger partial charge in [-0.25, -0.2) is 0 Å². The highest BCUT2D eigenvalue weighted by atomic mass is 32.1. The normalized spacial score (nSPS) is 11.2. The zero-order valence-corrected chi connectivity index (χ0v) is 8.01. The van der Waals surface area contributed by atoms with Gasteiger partial charge in [-0.05, 0) is 29.2 Å². The van der Waals surface area contributed by atoms with Crippen molar-refractivity contribution in [1.29, 1.82) is 0 Å². The molecule has 0 unspecified atom stereocenters. The van der Waals surface area contributed by atoms with Gasteiger partial charge in [-0.3, -0.25) is 0 Å². The van der Waals surface area contributed by atoms with Crippen molar-refractivity contribution >= 4 is 27.8 Å². The van der Waals surface area contributed by atoms with E-state index in [1.54, 1.807) is 13.3 Å². The van der Waals surface area contributed by atoms with Crippen molar-refractivity contribution in [1.82, 2.24) is 9.80 Å². The molecule has 1 aromatic carbocycles. The van der Waals surface area contributed by atoms with E-state index in [1.807, 2.05) is 12.3 Å². The number of benzene rings is 1. The molecule has 1 heterocycles. The highest BCUT2D eigenvalue weighted by molar-refractivity contribution is 7.13. The fraction of sp³-hybridized carbons (Fsp3) is 0.111. The number of aromatic nitrogens is 1. The highest BCUT2D eigenvalue weighted by Crippen LogP contribution is 2.18. The molecule has 4 heteroatoms. The first-order valence-corrected chi connectivity index (χ1v) is 4.72. The Bertz CT molecular complexity index is 433. The molecule has 13 heavy (non-hydrogen) atoms. The van der Waals surface area contributed by atoms with Crippen LogP contribution in [0.25, 0.3) is 10.1 Å². The molecule has 2 aromatic rings. The number of hydrogen-bond donors (Lipinski definition) is 1. The van der Waals surface area contributed by atoms with Crippen molar-refractivity contribution in [3.05, 3.63) is 30.0 Å². The minimum absolute atomic E-state index is 1.09. The van der Waals surface area contributed by atoms with Gasteiger partial charge in [0.1, 0.15) is 0 Å². The van der Waals surface area contributed by atoms with Gasteiger partial charge in [-0.1, -0.05) is 6.07 Å². The van der Waals surface area contributed by atoms with Crippen LogP contribution in [0, 0.1) is 0 Å². The van der Waals surface area contributed by atoms with Crippen LogP contribution in [-0.4, -0.2) is 17.6 Å². The van der Waals surface area contributed by atoms with Crippen LogP contribution < -0.4 is 5.43 Å². The molecular weight excluding hydrogens is 182 g/mol. The lowest BCUT2D eigenvalue weighted by Crippen LogP contribution is -1.94. The number of hydrazone groups is 1. The standard InChI is InChI=1S/C9H9N3S/c1-10-11-5-7-2-3-9-8(4-7)6-12-13-9/h2-6,10H,1H3. The van der Waals surface area contributed by atoms with Gasteiger partial charge in [0.05, 0.1) is 10.9 Å². The number of nitrogens with one attached hydrogen (secondary N) is 1. The van der Waals surface area contributed by atoms with Crippen LogP contribution in [0.5, 0.6) is 0 Å². The van der Waals surface area contributed by atoms with Crippen molar-refractivity contribution in [3.63, 3.8) is 0 Å². The Kier molecular flexibility index (Phi) is 2.23. The van der Waals surface area contributed by atoms with E-state index < -0.39 is 0 Å². The van der Waals surface area contributed by atoms with E-state index in [1.165, 1.54) is 21.6 Å². The zero-order chi connectivity index (χ0) is 9.10. The largest absolute Gasteiger partial charge is 0.313 e. The van der Waals surface area contributed by atoms with Gasteiger partial charge in [0.15, 0.2) is 0 Å². The summed E-state index contributed by atoms with van der Waals surface area (Å²) in [7, 11) is 1.78. The molecule has 0 fully saturated rings. The molecule has 3 nitrogen and oxygen atoms in total. The molecule has 0 amide bonds. The monoisotopic (exact) mass is 191 g/mol. The molecule has 0 aliphatic rings. The van der Waals surface area contributed by atoms with E-state index in [-0.39, 0.29) is 0 Å². The van der Waals surface area contributed by atoms with E-state index in [0.29, 0.717) is 0 Å². The van der Waals surface area contributed by atoms with Gasteiger partial charge in [-0.15, -0.1) is 0 Å². The quantitative estimate of drug-likeness (QED) is 0.581. The molecule has 0 radical (unpaired) electrons. The first kappa shape index (κ1) is 8.19. The Balaban J connectivity index is 2.42. The molecule has 1 aromatic heterocycles. The molecule has 0 aliphatic carbocycles. The predicted octanol–water partition coefficient (Wildman–Crippen LogP) is 1.85. The van der Waals surface area contributed by atoms with Gasteiger partial charge >= 0.3 is 0 Å². The van der Waals surface area contributed by atoms with Crippen molar-refractivity contribution in [2.75, 3.05) is 7.05 Å². The Morgan fingerprint density at radius 3 is 3.31 bits per heavy atom. The summed E-state index contributed by atoms with van der Waals surface area (Å²) in [4.78, 5) is 0. The first-order valence-electron chi connectivity index (χ1n) is 3.94. The van der Waals surface area contributed by atoms with E-state index in [4.69, 9.17) is 0 Å². The molecule has 0 aliphatic heterocycles. The van der Waals surface area contributed by atoms with Gasteiger partial charge < -0.3 is 5.43 Å². The summed E-state index contributed by atoms with van der Waals surface area (Å²) < 4.78 is 5.31. The average Bonchev–Trinajstić information content (AvgIpc) is 2.61. The summed E-state index contributed by atoms with van der Waals surface area (Å²) >= 11 is 1.51. The lowest BCUT2D eigenvalue weighted by atomic mass is 10.2. The second-order valence-electron chi connectivity index (χ2n) is 2.60. The van der Waals surface area contributed by atoms with Crippen LogP contribution in [0.3, 0.4) is 0 Å². The fourth-order valence-corrected chi connectivity index (χ4v) is 1.74. The molecule has 0 atom stereocenters. The number of hydrogen-bond acceptors (Lipinski definition) is 4. The minimum atomic E-state index is 1.09. The Labute approximate surface area is 80.3 Å². The average molecular weight is 191 g/mol. The van der Waals surface area contributed by atoms with Gasteiger partial charge in [0.2, 0.25) is 0 Å². The fourth-order valence-electron chi connectivity index (χ4n) is 1.11. The van der Waals surface area contributed by atoms with Crippen molar-refractivity contribution in [2.45, 2.75) is 0 Å². The lowest BCUT2D eigenvalue weighted by molar-refractivity contribution is 0.908. The lowest BCUT2D eigenvalue weighted by Gasteiger charge is -1.92. The molecule has 0 saturated carbocycles. The van der Waals surface area contributed by atoms with Crippen LogP contribution in [0.1, 0.15) is 5.56 Å². The van der Waals surface area contributed by atoms with Gasteiger partial charge in [0, 0.05) is 18.6 Å². The highest BCUT2D eigenvalue weighted by Gasteiger charge is 1.95. The third kappa shape index (κ3) is 1.67. The molecule has 0 saturated heterocycles. The SMILES string of the molecule is CNN=Cc1ccc2sncc2c1. The van der Waals surface area contributed by atoms with Gasteiger partial charge in [-0.2, -0.15) is 9.47 Å². The zero-order valence-electron chi connectivity index (χ0n) is 7.19. The van der Waals surface area contributed by atoms with Crippen molar-refractivity contribution in [3.8, 4) is 0 Å². The molecule has 1 N–H and O–H groups in total. The maximum Gasteiger partial charge on any atom is 0.0550 e. The summed E-state index contributed by atoms with van der Waals surface area (Å²) in [6.45, 7) is 0. The molecule has 0 bridgehead atoms. The number of rotatable bonds is 2. The van der Waals surface area contributed by atoms with Crippen molar-refractivity contribution in [2.24, 2.45) is 5.10 Å². The minimum Gasteiger partial charge on any atom is -0.313 e. The van der Waals surface area contributed by atoms with E-state index in [2.05, 4.69) is 27.0 Å².